The first-order chi connectivity index (χ1) is 9.04. The SMILES string of the molecule is COCCn1c(=O)c(C(C)C)cc2cnc(Cl)cc21. The van der Waals surface area contributed by atoms with E-state index >= 15 is 0 Å². The molecule has 2 heterocycles. The number of aromatic nitrogens is 2. The van der Waals surface area contributed by atoms with Crippen LogP contribution in [0.25, 0.3) is 10.9 Å². The minimum absolute atomic E-state index is 0.0156. The largest absolute Gasteiger partial charge is 0.383 e. The van der Waals surface area contributed by atoms with E-state index in [0.717, 1.165) is 16.5 Å². The summed E-state index contributed by atoms with van der Waals surface area (Å²) in [5, 5.41) is 1.30. The topological polar surface area (TPSA) is 44.1 Å². The average Bonchev–Trinajstić information content (AvgIpc) is 2.37. The van der Waals surface area contributed by atoms with E-state index in [9.17, 15) is 4.79 Å². The van der Waals surface area contributed by atoms with E-state index in [1.165, 1.54) is 0 Å². The Morgan fingerprint density at radius 2 is 2.16 bits per heavy atom. The molecule has 5 heteroatoms. The molecule has 102 valence electrons. The molecule has 2 rings (SSSR count). The Bertz CT molecular complexity index is 650. The first-order valence-electron chi connectivity index (χ1n) is 6.22. The van der Waals surface area contributed by atoms with Crippen LogP contribution in [0.2, 0.25) is 5.15 Å². The number of halogens is 1. The molecule has 0 unspecified atom stereocenters. The summed E-state index contributed by atoms with van der Waals surface area (Å²) in [5.41, 5.74) is 1.60. The van der Waals surface area contributed by atoms with Gasteiger partial charge in [0.25, 0.3) is 5.56 Å². The number of methoxy groups -OCH3 is 1. The highest BCUT2D eigenvalue weighted by Gasteiger charge is 2.12. The van der Waals surface area contributed by atoms with Gasteiger partial charge >= 0.3 is 0 Å². The third-order valence-corrected chi connectivity index (χ3v) is 3.32. The Labute approximate surface area is 117 Å². The molecule has 19 heavy (non-hydrogen) atoms. The van der Waals surface area contributed by atoms with Gasteiger partial charge in [-0.2, -0.15) is 0 Å². The summed E-state index contributed by atoms with van der Waals surface area (Å²) in [6.45, 7) is 5.00. The van der Waals surface area contributed by atoms with Crippen molar-refractivity contribution < 1.29 is 4.74 Å². The Kier molecular flexibility index (Phi) is 4.22. The van der Waals surface area contributed by atoms with Crippen molar-refractivity contribution in [2.75, 3.05) is 13.7 Å². The zero-order valence-corrected chi connectivity index (χ0v) is 12.1. The molecule has 0 fully saturated rings. The monoisotopic (exact) mass is 280 g/mol. The molecule has 0 bridgehead atoms. The van der Waals surface area contributed by atoms with Crippen LogP contribution >= 0.6 is 11.6 Å². The van der Waals surface area contributed by atoms with Crippen LogP contribution in [0.15, 0.2) is 23.1 Å². The molecular weight excluding hydrogens is 264 g/mol. The molecule has 2 aromatic rings. The lowest BCUT2D eigenvalue weighted by Crippen LogP contribution is -2.26. The number of hydrogen-bond donors (Lipinski definition) is 0. The fourth-order valence-corrected chi connectivity index (χ4v) is 2.24. The predicted octanol–water partition coefficient (Wildman–Crippen LogP) is 2.82. The maximum absolute atomic E-state index is 12.5. The van der Waals surface area contributed by atoms with E-state index < -0.39 is 0 Å². The summed E-state index contributed by atoms with van der Waals surface area (Å²) in [6.07, 6.45) is 1.70. The Balaban J connectivity index is 2.73. The summed E-state index contributed by atoms with van der Waals surface area (Å²) < 4.78 is 6.78. The van der Waals surface area contributed by atoms with Crippen LogP contribution in [-0.2, 0) is 11.3 Å². The summed E-state index contributed by atoms with van der Waals surface area (Å²) in [6, 6.07) is 3.62. The van der Waals surface area contributed by atoms with Gasteiger partial charge in [0.1, 0.15) is 5.15 Å². The van der Waals surface area contributed by atoms with Gasteiger partial charge in [-0.25, -0.2) is 4.98 Å². The molecule has 0 aliphatic heterocycles. The molecule has 0 saturated carbocycles. The predicted molar refractivity (Wildman–Crippen MR) is 77.0 cm³/mol. The van der Waals surface area contributed by atoms with Gasteiger partial charge in [-0.05, 0) is 18.1 Å². The van der Waals surface area contributed by atoms with Crippen molar-refractivity contribution in [2.45, 2.75) is 26.3 Å². The summed E-state index contributed by atoms with van der Waals surface area (Å²) in [7, 11) is 1.62. The van der Waals surface area contributed by atoms with Crippen molar-refractivity contribution in [3.05, 3.63) is 39.4 Å². The highest BCUT2D eigenvalue weighted by atomic mass is 35.5. The molecule has 0 aromatic carbocycles. The van der Waals surface area contributed by atoms with Crippen molar-refractivity contribution >= 4 is 22.5 Å². The van der Waals surface area contributed by atoms with E-state index in [2.05, 4.69) is 4.98 Å². The third kappa shape index (κ3) is 2.80. The molecule has 0 aliphatic rings. The fraction of sp³-hybridized carbons (Fsp3) is 0.429. The van der Waals surface area contributed by atoms with Gasteiger partial charge < -0.3 is 9.30 Å². The third-order valence-electron chi connectivity index (χ3n) is 3.11. The van der Waals surface area contributed by atoms with E-state index in [1.54, 1.807) is 23.9 Å². The highest BCUT2D eigenvalue weighted by molar-refractivity contribution is 6.30. The molecule has 0 saturated heterocycles. The lowest BCUT2D eigenvalue weighted by Gasteiger charge is -2.14. The number of pyridine rings is 2. The average molecular weight is 281 g/mol. The summed E-state index contributed by atoms with van der Waals surface area (Å²) in [5.74, 6) is 0.168. The highest BCUT2D eigenvalue weighted by Crippen LogP contribution is 2.20. The van der Waals surface area contributed by atoms with Crippen molar-refractivity contribution in [1.29, 1.82) is 0 Å². The van der Waals surface area contributed by atoms with Crippen molar-refractivity contribution in [3.63, 3.8) is 0 Å². The fourth-order valence-electron chi connectivity index (χ4n) is 2.09. The molecule has 0 radical (unpaired) electrons. The van der Waals surface area contributed by atoms with Crippen molar-refractivity contribution in [2.24, 2.45) is 0 Å². The Morgan fingerprint density at radius 3 is 2.79 bits per heavy atom. The second kappa shape index (κ2) is 5.72. The summed E-state index contributed by atoms with van der Waals surface area (Å²) >= 11 is 5.92. The minimum atomic E-state index is 0.0156. The lowest BCUT2D eigenvalue weighted by atomic mass is 10.0. The molecule has 0 amide bonds. The first-order valence-corrected chi connectivity index (χ1v) is 6.60. The maximum Gasteiger partial charge on any atom is 0.254 e. The van der Waals surface area contributed by atoms with Gasteiger partial charge in [0, 0.05) is 30.8 Å². The van der Waals surface area contributed by atoms with Crippen molar-refractivity contribution in [3.8, 4) is 0 Å². The number of rotatable bonds is 4. The van der Waals surface area contributed by atoms with Gasteiger partial charge in [0.2, 0.25) is 0 Å². The zero-order chi connectivity index (χ0) is 14.0. The smallest absolute Gasteiger partial charge is 0.254 e. The molecule has 4 nitrogen and oxygen atoms in total. The molecular formula is C14H17ClN2O2. The van der Waals surface area contributed by atoms with Crippen LogP contribution in [0, 0.1) is 0 Å². The zero-order valence-electron chi connectivity index (χ0n) is 11.3. The number of ether oxygens (including phenoxy) is 1. The lowest BCUT2D eigenvalue weighted by molar-refractivity contribution is 0.187. The van der Waals surface area contributed by atoms with Crippen LogP contribution < -0.4 is 5.56 Å². The minimum Gasteiger partial charge on any atom is -0.383 e. The second-order valence-electron chi connectivity index (χ2n) is 4.77. The number of nitrogens with zero attached hydrogens (tertiary/aromatic N) is 2. The van der Waals surface area contributed by atoms with E-state index in [-0.39, 0.29) is 11.5 Å². The van der Waals surface area contributed by atoms with Crippen LogP contribution in [0.3, 0.4) is 0 Å². The van der Waals surface area contributed by atoms with Crippen LogP contribution in [0.4, 0.5) is 0 Å². The van der Waals surface area contributed by atoms with Crippen LogP contribution in [0.5, 0.6) is 0 Å². The first kappa shape index (κ1) is 14.0. The van der Waals surface area contributed by atoms with Crippen LogP contribution in [-0.4, -0.2) is 23.3 Å². The molecule has 0 N–H and O–H groups in total. The van der Waals surface area contributed by atoms with E-state index in [4.69, 9.17) is 16.3 Å². The Hall–Kier alpha value is -1.39. The summed E-state index contributed by atoms with van der Waals surface area (Å²) in [4.78, 5) is 16.6. The van der Waals surface area contributed by atoms with Gasteiger partial charge in [0.15, 0.2) is 0 Å². The van der Waals surface area contributed by atoms with Gasteiger partial charge in [-0.1, -0.05) is 25.4 Å². The molecule has 2 aromatic heterocycles. The molecule has 0 spiro atoms. The standard InChI is InChI=1S/C14H17ClN2O2/c1-9(2)11-6-10-8-16-13(15)7-12(10)17(14(11)18)4-5-19-3/h6-9H,4-5H2,1-3H3. The van der Waals surface area contributed by atoms with Crippen LogP contribution in [0.1, 0.15) is 25.3 Å². The molecule has 0 atom stereocenters. The molecule has 0 aliphatic carbocycles. The normalized spacial score (nSPS) is 11.4. The second-order valence-corrected chi connectivity index (χ2v) is 5.16. The van der Waals surface area contributed by atoms with Gasteiger partial charge in [-0.15, -0.1) is 0 Å². The number of fused-ring (bicyclic) bond motifs is 1. The van der Waals surface area contributed by atoms with Crippen molar-refractivity contribution in [1.82, 2.24) is 9.55 Å². The maximum atomic E-state index is 12.5. The van der Waals surface area contributed by atoms with E-state index in [1.807, 2.05) is 19.9 Å². The Morgan fingerprint density at radius 1 is 1.42 bits per heavy atom. The van der Waals surface area contributed by atoms with Gasteiger partial charge in [-0.3, -0.25) is 4.79 Å². The number of hydrogen-bond acceptors (Lipinski definition) is 3. The quantitative estimate of drug-likeness (QED) is 0.809. The van der Waals surface area contributed by atoms with E-state index in [0.29, 0.717) is 18.3 Å². The van der Waals surface area contributed by atoms with Gasteiger partial charge in [0.05, 0.1) is 12.1 Å².